The molecule has 4 nitrogen and oxygen atoms in total. The summed E-state index contributed by atoms with van der Waals surface area (Å²) in [5.41, 5.74) is 3.45. The number of benzene rings is 2. The molecule has 0 amide bonds. The Morgan fingerprint density at radius 3 is 2.55 bits per heavy atom. The van der Waals surface area contributed by atoms with E-state index in [4.69, 9.17) is 28.0 Å². The molecule has 29 heavy (non-hydrogen) atoms. The van der Waals surface area contributed by atoms with Crippen molar-refractivity contribution in [3.63, 3.8) is 0 Å². The van der Waals surface area contributed by atoms with E-state index < -0.39 is 0 Å². The smallest absolute Gasteiger partial charge is 0.145 e. The van der Waals surface area contributed by atoms with Crippen LogP contribution in [0.25, 0.3) is 0 Å². The minimum atomic E-state index is 0.191. The highest BCUT2D eigenvalue weighted by molar-refractivity contribution is 6.35. The van der Waals surface area contributed by atoms with Crippen LogP contribution in [-0.4, -0.2) is 15.3 Å². The van der Waals surface area contributed by atoms with Crippen molar-refractivity contribution in [2.75, 3.05) is 0 Å². The SMILES string of the molecule is Clc1cccc(Cl)c1CON=C(Cn1ccnc1)c1ccc(C#CC2CC2)cc1. The van der Waals surface area contributed by atoms with Gasteiger partial charge < -0.3 is 9.40 Å². The van der Waals surface area contributed by atoms with Gasteiger partial charge in [-0.2, -0.15) is 0 Å². The largest absolute Gasteiger partial charge is 0.391 e. The van der Waals surface area contributed by atoms with Gasteiger partial charge in [-0.1, -0.05) is 58.4 Å². The minimum absolute atomic E-state index is 0.191. The molecule has 6 heteroatoms. The molecule has 2 aromatic carbocycles. The number of hydrogen-bond acceptors (Lipinski definition) is 3. The van der Waals surface area contributed by atoms with Crippen molar-refractivity contribution in [1.82, 2.24) is 9.55 Å². The van der Waals surface area contributed by atoms with Gasteiger partial charge in [0, 0.05) is 45.0 Å². The molecule has 0 spiro atoms. The Balaban J connectivity index is 1.52. The maximum Gasteiger partial charge on any atom is 0.145 e. The zero-order chi connectivity index (χ0) is 20.1. The molecule has 1 aromatic heterocycles. The standard InChI is InChI=1S/C23H19Cl2N3O/c24-21-2-1-3-22(25)20(21)15-29-27-23(14-28-13-12-26-16-28)19-10-8-18(9-11-19)7-6-17-4-5-17/h1-3,8-13,16-17H,4-5,14-15H2. The highest BCUT2D eigenvalue weighted by Gasteiger charge is 2.17. The van der Waals surface area contributed by atoms with Crippen LogP contribution in [-0.2, 0) is 18.0 Å². The van der Waals surface area contributed by atoms with Gasteiger partial charge in [0.1, 0.15) is 12.3 Å². The molecule has 3 aromatic rings. The number of rotatable bonds is 6. The summed E-state index contributed by atoms with van der Waals surface area (Å²) in [6.07, 6.45) is 7.81. The summed E-state index contributed by atoms with van der Waals surface area (Å²) in [5, 5.41) is 5.49. The Morgan fingerprint density at radius 2 is 1.90 bits per heavy atom. The summed E-state index contributed by atoms with van der Waals surface area (Å²) < 4.78 is 1.94. The first-order valence-electron chi connectivity index (χ1n) is 9.38. The van der Waals surface area contributed by atoms with Crippen LogP contribution in [0.15, 0.2) is 66.3 Å². The topological polar surface area (TPSA) is 39.4 Å². The third-order valence-electron chi connectivity index (χ3n) is 4.55. The van der Waals surface area contributed by atoms with Crippen molar-refractivity contribution >= 4 is 28.9 Å². The quantitative estimate of drug-likeness (QED) is 0.295. The molecular weight excluding hydrogens is 405 g/mol. The zero-order valence-electron chi connectivity index (χ0n) is 15.7. The summed E-state index contributed by atoms with van der Waals surface area (Å²) in [6.45, 7) is 0.722. The van der Waals surface area contributed by atoms with Gasteiger partial charge in [-0.05, 0) is 37.1 Å². The fourth-order valence-corrected chi connectivity index (χ4v) is 3.24. The van der Waals surface area contributed by atoms with Gasteiger partial charge in [0.2, 0.25) is 0 Å². The van der Waals surface area contributed by atoms with Crippen molar-refractivity contribution in [3.8, 4) is 11.8 Å². The van der Waals surface area contributed by atoms with Crippen molar-refractivity contribution in [2.45, 2.75) is 26.0 Å². The maximum atomic E-state index is 6.21. The number of nitrogens with zero attached hydrogens (tertiary/aromatic N) is 3. The van der Waals surface area contributed by atoms with E-state index in [1.807, 2.05) is 35.0 Å². The Labute approximate surface area is 180 Å². The first-order valence-corrected chi connectivity index (χ1v) is 10.1. The second-order valence-corrected chi connectivity index (χ2v) is 7.68. The van der Waals surface area contributed by atoms with Crippen molar-refractivity contribution in [3.05, 3.63) is 87.9 Å². The molecule has 0 aliphatic heterocycles. The van der Waals surface area contributed by atoms with E-state index in [0.717, 1.165) is 16.8 Å². The molecule has 1 saturated carbocycles. The lowest BCUT2D eigenvalue weighted by atomic mass is 10.1. The fourth-order valence-electron chi connectivity index (χ4n) is 2.73. The van der Waals surface area contributed by atoms with E-state index in [-0.39, 0.29) is 6.61 Å². The van der Waals surface area contributed by atoms with Crippen LogP contribution in [0.3, 0.4) is 0 Å². The summed E-state index contributed by atoms with van der Waals surface area (Å²) in [7, 11) is 0. The first-order chi connectivity index (χ1) is 14.2. The molecule has 0 bridgehead atoms. The molecule has 1 fully saturated rings. The molecule has 0 unspecified atom stereocenters. The molecule has 0 N–H and O–H groups in total. The van der Waals surface area contributed by atoms with E-state index in [2.05, 4.69) is 22.0 Å². The van der Waals surface area contributed by atoms with Gasteiger partial charge >= 0.3 is 0 Å². The van der Waals surface area contributed by atoms with Crippen LogP contribution in [0, 0.1) is 17.8 Å². The van der Waals surface area contributed by atoms with E-state index in [1.54, 1.807) is 30.7 Å². The van der Waals surface area contributed by atoms with Gasteiger partial charge in [-0.3, -0.25) is 0 Å². The zero-order valence-corrected chi connectivity index (χ0v) is 17.2. The Bertz CT molecular complexity index is 1040. The molecule has 1 heterocycles. The number of aromatic nitrogens is 2. The van der Waals surface area contributed by atoms with Gasteiger partial charge in [0.15, 0.2) is 0 Å². The van der Waals surface area contributed by atoms with Gasteiger partial charge in [0.25, 0.3) is 0 Å². The van der Waals surface area contributed by atoms with E-state index in [9.17, 15) is 0 Å². The lowest BCUT2D eigenvalue weighted by Crippen LogP contribution is -2.11. The predicted molar refractivity (Wildman–Crippen MR) is 116 cm³/mol. The van der Waals surface area contributed by atoms with Crippen molar-refractivity contribution in [2.24, 2.45) is 11.1 Å². The van der Waals surface area contributed by atoms with Gasteiger partial charge in [0.05, 0.1) is 12.9 Å². The third kappa shape index (κ3) is 5.41. The fraction of sp³-hybridized carbons (Fsp3) is 0.217. The van der Waals surface area contributed by atoms with E-state index >= 15 is 0 Å². The van der Waals surface area contributed by atoms with E-state index in [0.29, 0.717) is 28.1 Å². The summed E-state index contributed by atoms with van der Waals surface area (Å²) in [6, 6.07) is 13.4. The Hall–Kier alpha value is -2.74. The molecule has 0 saturated heterocycles. The minimum Gasteiger partial charge on any atom is -0.391 e. The van der Waals surface area contributed by atoms with Crippen LogP contribution < -0.4 is 0 Å². The van der Waals surface area contributed by atoms with Crippen LogP contribution in [0.4, 0.5) is 0 Å². The molecular formula is C23H19Cl2N3O. The lowest BCUT2D eigenvalue weighted by molar-refractivity contribution is 0.130. The highest BCUT2D eigenvalue weighted by Crippen LogP contribution is 2.27. The number of oxime groups is 1. The third-order valence-corrected chi connectivity index (χ3v) is 5.26. The van der Waals surface area contributed by atoms with Crippen LogP contribution in [0.1, 0.15) is 29.5 Å². The summed E-state index contributed by atoms with van der Waals surface area (Å²) in [4.78, 5) is 9.72. The van der Waals surface area contributed by atoms with Crippen LogP contribution >= 0.6 is 23.2 Å². The van der Waals surface area contributed by atoms with Crippen LogP contribution in [0.5, 0.6) is 0 Å². The molecule has 0 atom stereocenters. The highest BCUT2D eigenvalue weighted by atomic mass is 35.5. The lowest BCUT2D eigenvalue weighted by Gasteiger charge is -2.10. The number of hydrogen-bond donors (Lipinski definition) is 0. The maximum absolute atomic E-state index is 6.21. The number of imidazole rings is 1. The van der Waals surface area contributed by atoms with Gasteiger partial charge in [-0.15, -0.1) is 0 Å². The van der Waals surface area contributed by atoms with Gasteiger partial charge in [-0.25, -0.2) is 4.98 Å². The molecule has 146 valence electrons. The summed E-state index contributed by atoms with van der Waals surface area (Å²) >= 11 is 12.4. The number of halogens is 2. The van der Waals surface area contributed by atoms with Crippen LogP contribution in [0.2, 0.25) is 10.0 Å². The average molecular weight is 424 g/mol. The second-order valence-electron chi connectivity index (χ2n) is 6.87. The summed E-state index contributed by atoms with van der Waals surface area (Å²) in [5.74, 6) is 7.09. The first kappa shape index (κ1) is 19.6. The molecule has 4 rings (SSSR count). The second kappa shape index (κ2) is 9.17. The Morgan fingerprint density at radius 1 is 1.14 bits per heavy atom. The molecule has 0 radical (unpaired) electrons. The Kier molecular flexibility index (Phi) is 6.19. The molecule has 1 aliphatic carbocycles. The predicted octanol–water partition coefficient (Wildman–Crippen LogP) is 5.57. The van der Waals surface area contributed by atoms with Crippen molar-refractivity contribution in [1.29, 1.82) is 0 Å². The normalized spacial score (nSPS) is 13.7. The van der Waals surface area contributed by atoms with Crippen molar-refractivity contribution < 1.29 is 4.84 Å². The average Bonchev–Trinajstić information content (AvgIpc) is 3.42. The van der Waals surface area contributed by atoms with E-state index in [1.165, 1.54) is 12.8 Å². The monoisotopic (exact) mass is 423 g/mol. The molecule has 1 aliphatic rings.